The zero-order valence-electron chi connectivity index (χ0n) is 30.7. The van der Waals surface area contributed by atoms with E-state index in [-0.39, 0.29) is 0 Å². The summed E-state index contributed by atoms with van der Waals surface area (Å²) in [7, 11) is -22.0. The van der Waals surface area contributed by atoms with Crippen LogP contribution in [0.2, 0.25) is 0 Å². The number of rotatable bonds is 18. The third-order valence-corrected chi connectivity index (χ3v) is 10.9. The van der Waals surface area contributed by atoms with E-state index < -0.39 is 189 Å². The second-order valence-corrected chi connectivity index (χ2v) is 17.7. The van der Waals surface area contributed by atoms with Gasteiger partial charge in [-0.15, -0.1) is 0 Å². The topological polar surface area (TPSA) is 567 Å². The van der Waals surface area contributed by atoms with Crippen molar-refractivity contribution in [2.75, 3.05) is 13.2 Å². The Morgan fingerprint density at radius 1 is 0.460 bits per heavy atom. The molecule has 0 radical (unpaired) electrons. The van der Waals surface area contributed by atoms with E-state index in [0.717, 1.165) is 0 Å². The van der Waals surface area contributed by atoms with Gasteiger partial charge < -0.3 is 85.5 Å². The maximum Gasteiger partial charge on any atom is 0.397 e. The van der Waals surface area contributed by atoms with Crippen LogP contribution in [0, 0.1) is 0 Å². The molecular formula is C24H40N2O33S4. The lowest BCUT2D eigenvalue weighted by Crippen LogP contribution is -2.70. The molecule has 63 heavy (non-hydrogen) atoms. The number of hydrogen-bond donors (Lipinski definition) is 14. The van der Waals surface area contributed by atoms with Gasteiger partial charge in [0.2, 0.25) is 0 Å². The molecule has 0 aromatic carbocycles. The number of carbonyl (C=O) groups is 2. The summed E-state index contributed by atoms with van der Waals surface area (Å²) in [5, 5.41) is 84.0. The number of aliphatic hydroxyl groups excluding tert-OH is 6. The van der Waals surface area contributed by atoms with Gasteiger partial charge in [-0.1, -0.05) is 0 Å². The van der Waals surface area contributed by atoms with E-state index in [0.29, 0.717) is 0 Å². The normalized spacial score (nSPS) is 42.1. The summed E-state index contributed by atoms with van der Waals surface area (Å²) in [6, 6.07) is -4.18. The van der Waals surface area contributed by atoms with Crippen LogP contribution in [0.5, 0.6) is 0 Å². The molecule has 0 spiro atoms. The highest BCUT2D eigenvalue weighted by Gasteiger charge is 2.58. The van der Waals surface area contributed by atoms with Crippen molar-refractivity contribution in [1.82, 2.24) is 0 Å². The predicted molar refractivity (Wildman–Crippen MR) is 181 cm³/mol. The largest absolute Gasteiger partial charge is 0.479 e. The Morgan fingerprint density at radius 2 is 0.857 bits per heavy atom. The molecule has 0 amide bonds. The number of carboxylic acids is 2. The van der Waals surface area contributed by atoms with Crippen molar-refractivity contribution in [2.45, 2.75) is 123 Å². The van der Waals surface area contributed by atoms with Gasteiger partial charge in [0.15, 0.2) is 49.6 Å². The lowest BCUT2D eigenvalue weighted by Gasteiger charge is -2.49. The molecule has 39 heteroatoms. The Hall–Kier alpha value is -2.18. The van der Waals surface area contributed by atoms with Crippen LogP contribution in [-0.2, 0) is 101 Å². The average molecular weight is 1010 g/mol. The molecule has 4 heterocycles. The summed E-state index contributed by atoms with van der Waals surface area (Å²) >= 11 is 0. The van der Waals surface area contributed by atoms with E-state index in [4.69, 9.17) is 58.3 Å². The lowest BCUT2D eigenvalue weighted by molar-refractivity contribution is -0.363. The van der Waals surface area contributed by atoms with Crippen molar-refractivity contribution < 1.29 is 152 Å². The molecule has 368 valence electrons. The second kappa shape index (κ2) is 20.4. The molecule has 20 atom stereocenters. The molecule has 4 rings (SSSR count). The lowest BCUT2D eigenvalue weighted by atomic mass is 9.94. The van der Waals surface area contributed by atoms with E-state index >= 15 is 0 Å². The first kappa shape index (κ1) is 53.4. The van der Waals surface area contributed by atoms with E-state index in [1.807, 2.05) is 0 Å². The standard InChI is InChI=1S/C24H40N2O33S4/c25-5-9(29)7(27)3(1-49-60(37,38)39)51-22(5)55-14-11(31)16(59-63(46,47)48)24(57-18(14)20(34)35)54-12-6(26)23(52-4(8(12)28)2-50-61(40,41)42)56-13-10(30)15(58-62(43,44)45)21(36)53-17(13)19(32)33/h3-18,21-24,27-31,36H,1-2,25-26H2,(H,32,33)(H,34,35)(H,37,38,39)(H,40,41,42)(H,43,44,45)(H,46,47,48)/t3-,4-,5-,6-,7-,8-,9-,10+,11+,12-,13+,14+,15-,16-,17-,18-,21-,22-,23-,24-/m1/s1. The Kier molecular flexibility index (Phi) is 17.3. The van der Waals surface area contributed by atoms with Crippen LogP contribution in [0.15, 0.2) is 0 Å². The summed E-state index contributed by atoms with van der Waals surface area (Å²) in [5.41, 5.74) is 12.0. The molecule has 0 bridgehead atoms. The Balaban J connectivity index is 1.70. The summed E-state index contributed by atoms with van der Waals surface area (Å²) in [4.78, 5) is 24.5. The molecule has 0 aromatic heterocycles. The Bertz CT molecular complexity index is 2060. The number of ether oxygens (including phenoxy) is 7. The van der Waals surface area contributed by atoms with Gasteiger partial charge in [0.25, 0.3) is 0 Å². The quantitative estimate of drug-likeness (QED) is 0.0567. The minimum atomic E-state index is -5.81. The van der Waals surface area contributed by atoms with Gasteiger partial charge in [-0.3, -0.25) is 18.2 Å². The molecule has 4 aliphatic rings. The van der Waals surface area contributed by atoms with Crippen molar-refractivity contribution in [1.29, 1.82) is 0 Å². The zero-order valence-corrected chi connectivity index (χ0v) is 34.0. The van der Waals surface area contributed by atoms with Crippen LogP contribution in [0.3, 0.4) is 0 Å². The predicted octanol–water partition coefficient (Wildman–Crippen LogP) is -10.3. The fourth-order valence-corrected chi connectivity index (χ4v) is 7.90. The third-order valence-electron chi connectivity index (χ3n) is 9.12. The van der Waals surface area contributed by atoms with Gasteiger partial charge >= 0.3 is 53.5 Å². The molecule has 4 aliphatic heterocycles. The van der Waals surface area contributed by atoms with Crippen molar-refractivity contribution in [2.24, 2.45) is 11.5 Å². The summed E-state index contributed by atoms with van der Waals surface area (Å²) in [5.74, 6) is -4.20. The summed E-state index contributed by atoms with van der Waals surface area (Å²) in [6.45, 7) is -2.71. The first-order valence-electron chi connectivity index (χ1n) is 16.9. The van der Waals surface area contributed by atoms with Crippen LogP contribution in [0.25, 0.3) is 0 Å². The maximum absolute atomic E-state index is 12.5. The second-order valence-electron chi connectivity index (χ2n) is 13.4. The van der Waals surface area contributed by atoms with Crippen molar-refractivity contribution >= 4 is 53.5 Å². The van der Waals surface area contributed by atoms with Gasteiger partial charge in [0.1, 0.15) is 61.0 Å². The van der Waals surface area contributed by atoms with Gasteiger partial charge in [-0.25, -0.2) is 26.3 Å². The minimum absolute atomic E-state index is 1.25. The number of nitrogens with two attached hydrogens (primary N) is 2. The monoisotopic (exact) mass is 1010 g/mol. The molecular weight excluding hydrogens is 973 g/mol. The highest BCUT2D eigenvalue weighted by atomic mass is 32.3. The van der Waals surface area contributed by atoms with E-state index in [1.165, 1.54) is 0 Å². The van der Waals surface area contributed by atoms with Crippen molar-refractivity contribution in [3.05, 3.63) is 0 Å². The fraction of sp³-hybridized carbons (Fsp3) is 0.917. The van der Waals surface area contributed by atoms with E-state index in [2.05, 4.69) is 16.7 Å². The molecule has 0 aromatic rings. The smallest absolute Gasteiger partial charge is 0.397 e. The first-order chi connectivity index (χ1) is 28.7. The van der Waals surface area contributed by atoms with Crippen LogP contribution < -0.4 is 11.5 Å². The van der Waals surface area contributed by atoms with Crippen molar-refractivity contribution in [3.63, 3.8) is 0 Å². The van der Waals surface area contributed by atoms with Gasteiger partial charge in [-0.05, 0) is 0 Å². The third kappa shape index (κ3) is 13.9. The van der Waals surface area contributed by atoms with E-state index in [1.54, 1.807) is 0 Å². The molecule has 0 unspecified atom stereocenters. The molecule has 0 saturated carbocycles. The van der Waals surface area contributed by atoms with Gasteiger partial charge in [0, 0.05) is 0 Å². The van der Waals surface area contributed by atoms with Crippen molar-refractivity contribution in [3.8, 4) is 0 Å². The fourth-order valence-electron chi connectivity index (χ4n) is 6.32. The van der Waals surface area contributed by atoms with Gasteiger partial charge in [0.05, 0.1) is 25.3 Å². The van der Waals surface area contributed by atoms with Crippen LogP contribution in [0.4, 0.5) is 0 Å². The number of aliphatic carboxylic acids is 2. The average Bonchev–Trinajstić information content (AvgIpc) is 3.13. The first-order valence-corrected chi connectivity index (χ1v) is 22.3. The number of hydrogen-bond acceptors (Lipinski definition) is 29. The Morgan fingerprint density at radius 3 is 1.30 bits per heavy atom. The van der Waals surface area contributed by atoms with Gasteiger partial charge in [-0.2, -0.15) is 33.7 Å². The minimum Gasteiger partial charge on any atom is -0.479 e. The molecule has 16 N–H and O–H groups in total. The molecule has 4 fully saturated rings. The molecule has 4 saturated heterocycles. The number of carboxylic acid groups (broad SMARTS) is 2. The highest BCUT2D eigenvalue weighted by Crippen LogP contribution is 2.36. The molecule has 0 aliphatic carbocycles. The summed E-state index contributed by atoms with van der Waals surface area (Å²) < 4.78 is 182. The zero-order chi connectivity index (χ0) is 47.9. The Labute approximate surface area is 352 Å². The van der Waals surface area contributed by atoms with E-state index in [9.17, 15) is 88.7 Å². The SMILES string of the molecule is N[C@H]1[C@@H](O[C@H]2[C@H](O)[C@@H](OS(=O)(=O)O)[C@H](O[C@@H]3[C@@H](N)[C@@H](O[C@H]4[C@H](O)[C@@H](OS(=O)(=O)O)[C@H](O)O[C@H]4C(=O)O)O[C@H](COS(=O)(=O)O)[C@H]3O)O[C@H]2C(=O)O)O[C@H](COS(=O)(=O)O)[C@@H](O)[C@@H]1O. The van der Waals surface area contributed by atoms with Crippen LogP contribution >= 0.6 is 0 Å². The summed E-state index contributed by atoms with van der Waals surface area (Å²) in [6.07, 6.45) is -44.3. The molecule has 35 nitrogen and oxygen atoms in total. The van der Waals surface area contributed by atoms with Crippen LogP contribution in [0.1, 0.15) is 0 Å². The maximum atomic E-state index is 12.5. The van der Waals surface area contributed by atoms with Crippen LogP contribution in [-0.4, -0.2) is 241 Å². The highest BCUT2D eigenvalue weighted by molar-refractivity contribution is 7.81. The number of aliphatic hydroxyl groups is 6.